The number of nitrogens with zero attached hydrogens (tertiary/aromatic N) is 3. The van der Waals surface area contributed by atoms with Crippen molar-refractivity contribution < 1.29 is 22.9 Å². The van der Waals surface area contributed by atoms with Gasteiger partial charge in [0.25, 0.3) is 0 Å². The highest BCUT2D eigenvalue weighted by molar-refractivity contribution is 8.93. The molecule has 0 aliphatic heterocycles. The second-order valence-electron chi connectivity index (χ2n) is 5.09. The van der Waals surface area contributed by atoms with E-state index in [-0.39, 0.29) is 29.2 Å². The molecule has 130 valence electrons. The monoisotopic (exact) mass is 400 g/mol. The van der Waals surface area contributed by atoms with E-state index in [9.17, 15) is 28.1 Å². The average molecular weight is 401 g/mol. The van der Waals surface area contributed by atoms with Gasteiger partial charge in [0.05, 0.1) is 0 Å². The van der Waals surface area contributed by atoms with Crippen molar-refractivity contribution in [3.63, 3.8) is 0 Å². The lowest BCUT2D eigenvalue weighted by Crippen LogP contribution is -2.37. The summed E-state index contributed by atoms with van der Waals surface area (Å²) in [5, 5.41) is 13.7. The maximum absolute atomic E-state index is 12.8. The zero-order chi connectivity index (χ0) is 17.1. The molecule has 0 amide bonds. The molecule has 1 rings (SSSR count). The standard InChI is InChI=1S/C12H15F3N4O3.BrH/c1-11(2,5-4-6-20)16-7-8-9(19(21)22)17-10(18(8)3)12(13,14)15;/h4-6,16H,7H2,1-3H3;1H. The van der Waals surface area contributed by atoms with Crippen LogP contribution in [0.1, 0.15) is 25.4 Å². The summed E-state index contributed by atoms with van der Waals surface area (Å²) in [6.07, 6.45) is -1.51. The van der Waals surface area contributed by atoms with Crippen molar-refractivity contribution in [1.29, 1.82) is 0 Å². The number of nitro groups is 1. The highest BCUT2D eigenvalue weighted by Gasteiger charge is 2.44. The maximum atomic E-state index is 12.8. The summed E-state index contributed by atoms with van der Waals surface area (Å²) in [4.78, 5) is 23.3. The molecular formula is C12H16BrF3N4O3. The molecule has 0 aliphatic rings. The minimum Gasteiger partial charge on any atom is -0.358 e. The molecule has 1 aromatic heterocycles. The first-order chi connectivity index (χ1) is 9.99. The van der Waals surface area contributed by atoms with Crippen LogP contribution >= 0.6 is 17.0 Å². The number of carbonyl (C=O) groups is 1. The summed E-state index contributed by atoms with van der Waals surface area (Å²) >= 11 is 0. The Balaban J connectivity index is 0.00000484. The summed E-state index contributed by atoms with van der Waals surface area (Å²) < 4.78 is 39.0. The van der Waals surface area contributed by atoms with E-state index in [4.69, 9.17) is 0 Å². The number of nitrogens with one attached hydrogen (secondary N) is 1. The highest BCUT2D eigenvalue weighted by atomic mass is 79.9. The van der Waals surface area contributed by atoms with E-state index in [0.29, 0.717) is 10.9 Å². The maximum Gasteiger partial charge on any atom is 0.475 e. The van der Waals surface area contributed by atoms with Crippen LogP contribution in [0.15, 0.2) is 12.2 Å². The molecule has 0 spiro atoms. The third kappa shape index (κ3) is 5.43. The Hall–Kier alpha value is -1.75. The molecule has 0 radical (unpaired) electrons. The summed E-state index contributed by atoms with van der Waals surface area (Å²) in [7, 11) is 1.06. The van der Waals surface area contributed by atoms with Crippen LogP contribution in [0, 0.1) is 10.1 Å². The number of carbonyl (C=O) groups excluding carboxylic acids is 1. The van der Waals surface area contributed by atoms with Crippen LogP contribution in [0.5, 0.6) is 0 Å². The first-order valence-corrected chi connectivity index (χ1v) is 6.15. The number of allylic oxidation sites excluding steroid dienone is 1. The largest absolute Gasteiger partial charge is 0.475 e. The van der Waals surface area contributed by atoms with Crippen LogP contribution < -0.4 is 5.32 Å². The van der Waals surface area contributed by atoms with Gasteiger partial charge in [-0.3, -0.25) is 9.36 Å². The molecule has 0 aromatic carbocycles. The normalized spacial score (nSPS) is 12.3. The SMILES string of the molecule is Br.Cn1c(C(F)(F)F)nc([N+](=O)[O-])c1CNC(C)(C)C=CC=O. The summed E-state index contributed by atoms with van der Waals surface area (Å²) in [6, 6.07) is 0. The molecule has 0 unspecified atom stereocenters. The smallest absolute Gasteiger partial charge is 0.358 e. The fourth-order valence-corrected chi connectivity index (χ4v) is 1.77. The van der Waals surface area contributed by atoms with Crippen molar-refractivity contribution in [1.82, 2.24) is 14.9 Å². The van der Waals surface area contributed by atoms with Crippen LogP contribution in [0.25, 0.3) is 0 Å². The van der Waals surface area contributed by atoms with E-state index >= 15 is 0 Å². The number of alkyl halides is 3. The molecule has 23 heavy (non-hydrogen) atoms. The number of rotatable bonds is 6. The van der Waals surface area contributed by atoms with Crippen LogP contribution in [0.3, 0.4) is 0 Å². The van der Waals surface area contributed by atoms with Gasteiger partial charge in [-0.2, -0.15) is 13.2 Å². The Morgan fingerprint density at radius 3 is 2.39 bits per heavy atom. The van der Waals surface area contributed by atoms with E-state index in [0.717, 1.165) is 7.05 Å². The number of halogens is 4. The van der Waals surface area contributed by atoms with Gasteiger partial charge in [0.1, 0.15) is 12.0 Å². The zero-order valence-corrected chi connectivity index (χ0v) is 14.3. The van der Waals surface area contributed by atoms with Gasteiger partial charge < -0.3 is 15.4 Å². The van der Waals surface area contributed by atoms with Gasteiger partial charge in [-0.05, 0) is 29.8 Å². The molecule has 0 saturated heterocycles. The van der Waals surface area contributed by atoms with E-state index in [1.807, 2.05) is 0 Å². The van der Waals surface area contributed by atoms with Crippen molar-refractivity contribution in [2.75, 3.05) is 0 Å². The van der Waals surface area contributed by atoms with E-state index < -0.39 is 28.3 Å². The first-order valence-electron chi connectivity index (χ1n) is 6.15. The Labute approximate surface area is 140 Å². The minimum atomic E-state index is -4.79. The Bertz CT molecular complexity index is 611. The van der Waals surface area contributed by atoms with Gasteiger partial charge in [-0.1, -0.05) is 6.08 Å². The number of hydrogen-bond acceptors (Lipinski definition) is 5. The topological polar surface area (TPSA) is 90.1 Å². The fourth-order valence-electron chi connectivity index (χ4n) is 1.77. The second kappa shape index (κ2) is 7.68. The third-order valence-corrected chi connectivity index (χ3v) is 2.92. The van der Waals surface area contributed by atoms with Crippen LogP contribution in [-0.2, 0) is 24.6 Å². The molecule has 11 heteroatoms. The Morgan fingerprint density at radius 2 is 1.96 bits per heavy atom. The lowest BCUT2D eigenvalue weighted by Gasteiger charge is -2.22. The molecule has 1 N–H and O–H groups in total. The number of hydrogen-bond donors (Lipinski definition) is 1. The van der Waals surface area contributed by atoms with Gasteiger partial charge in [0.2, 0.25) is 0 Å². The van der Waals surface area contributed by atoms with Crippen LogP contribution in [0.4, 0.5) is 19.0 Å². The van der Waals surface area contributed by atoms with Crippen molar-refractivity contribution >= 4 is 29.1 Å². The molecule has 0 atom stereocenters. The minimum absolute atomic E-state index is 0. The Morgan fingerprint density at radius 1 is 1.39 bits per heavy atom. The molecule has 0 fully saturated rings. The summed E-state index contributed by atoms with van der Waals surface area (Å²) in [6.45, 7) is 3.12. The van der Waals surface area contributed by atoms with Crippen molar-refractivity contribution in [3.05, 3.63) is 33.8 Å². The predicted octanol–water partition coefficient (Wildman–Crippen LogP) is 2.55. The highest BCUT2D eigenvalue weighted by Crippen LogP contribution is 2.32. The quantitative estimate of drug-likeness (QED) is 0.343. The number of aldehydes is 1. The molecular weight excluding hydrogens is 385 g/mol. The van der Waals surface area contributed by atoms with Gasteiger partial charge in [-0.15, -0.1) is 17.0 Å². The van der Waals surface area contributed by atoms with Crippen LogP contribution in [-0.4, -0.2) is 26.3 Å². The lowest BCUT2D eigenvalue weighted by molar-refractivity contribution is -0.390. The van der Waals surface area contributed by atoms with E-state index in [1.54, 1.807) is 13.8 Å². The zero-order valence-electron chi connectivity index (χ0n) is 12.5. The number of aromatic nitrogens is 2. The number of imidazole rings is 1. The van der Waals surface area contributed by atoms with Gasteiger partial charge in [0.15, 0.2) is 0 Å². The van der Waals surface area contributed by atoms with E-state index in [2.05, 4.69) is 10.3 Å². The molecule has 1 aromatic rings. The van der Waals surface area contributed by atoms with Crippen molar-refractivity contribution in [3.8, 4) is 0 Å². The van der Waals surface area contributed by atoms with E-state index in [1.165, 1.54) is 12.2 Å². The summed E-state index contributed by atoms with van der Waals surface area (Å²) in [5.74, 6) is -2.19. The fraction of sp³-hybridized carbons (Fsp3) is 0.500. The van der Waals surface area contributed by atoms with Gasteiger partial charge in [-0.25, -0.2) is 0 Å². The first kappa shape index (κ1) is 21.2. The van der Waals surface area contributed by atoms with Gasteiger partial charge >= 0.3 is 17.8 Å². The summed E-state index contributed by atoms with van der Waals surface area (Å²) in [5.41, 5.74) is -0.942. The lowest BCUT2D eigenvalue weighted by atomic mass is 10.1. The van der Waals surface area contributed by atoms with Crippen molar-refractivity contribution in [2.45, 2.75) is 32.1 Å². The van der Waals surface area contributed by atoms with Crippen LogP contribution in [0.2, 0.25) is 0 Å². The molecule has 0 aliphatic carbocycles. The molecule has 0 saturated carbocycles. The average Bonchev–Trinajstić information content (AvgIpc) is 2.71. The molecule has 1 heterocycles. The van der Waals surface area contributed by atoms with Crippen molar-refractivity contribution in [2.24, 2.45) is 7.05 Å². The Kier molecular flexibility index (Phi) is 7.10. The molecule has 7 nitrogen and oxygen atoms in total. The van der Waals surface area contributed by atoms with Gasteiger partial charge in [0, 0.05) is 19.1 Å². The molecule has 0 bridgehead atoms. The predicted molar refractivity (Wildman–Crippen MR) is 81.3 cm³/mol. The third-order valence-electron chi connectivity index (χ3n) is 2.92. The second-order valence-corrected chi connectivity index (χ2v) is 5.09.